The highest BCUT2D eigenvalue weighted by Crippen LogP contribution is 2.22. The Labute approximate surface area is 179 Å². The number of pyridine rings is 1. The maximum atomic E-state index is 13.4. The molecule has 30 heavy (non-hydrogen) atoms. The van der Waals surface area contributed by atoms with Crippen LogP contribution >= 0.6 is 11.6 Å². The highest BCUT2D eigenvalue weighted by molar-refractivity contribution is 6.32. The quantitative estimate of drug-likeness (QED) is 0.604. The van der Waals surface area contributed by atoms with Crippen LogP contribution < -0.4 is 4.90 Å². The van der Waals surface area contributed by atoms with E-state index in [1.165, 1.54) is 12.1 Å². The number of rotatable bonds is 5. The first kappa shape index (κ1) is 20.5. The van der Waals surface area contributed by atoms with Crippen molar-refractivity contribution in [1.29, 1.82) is 0 Å². The van der Waals surface area contributed by atoms with E-state index in [0.29, 0.717) is 10.7 Å². The number of hydrogen-bond donors (Lipinski definition) is 0. The molecule has 1 aliphatic heterocycles. The first-order valence-electron chi connectivity index (χ1n) is 9.76. The minimum absolute atomic E-state index is 0.542. The molecule has 0 spiro atoms. The second kappa shape index (κ2) is 8.93. The summed E-state index contributed by atoms with van der Waals surface area (Å²) in [5, 5.41) is 4.99. The molecular weight excluding hydrogens is 408 g/mol. The van der Waals surface area contributed by atoms with Gasteiger partial charge in [-0.3, -0.25) is 9.88 Å². The first-order chi connectivity index (χ1) is 14.5. The normalized spacial score (nSPS) is 15.3. The number of aromatic nitrogens is 3. The van der Waals surface area contributed by atoms with E-state index in [0.717, 1.165) is 55.7 Å². The van der Waals surface area contributed by atoms with Crippen molar-refractivity contribution in [1.82, 2.24) is 19.7 Å². The average molecular weight is 430 g/mol. The van der Waals surface area contributed by atoms with Crippen LogP contribution in [0.5, 0.6) is 0 Å². The van der Waals surface area contributed by atoms with Gasteiger partial charge in [0.15, 0.2) is 0 Å². The third kappa shape index (κ3) is 4.52. The van der Waals surface area contributed by atoms with Crippen molar-refractivity contribution in [3.05, 3.63) is 76.8 Å². The number of benzene rings is 1. The molecule has 0 N–H and O–H groups in total. The molecule has 5 nitrogen and oxygen atoms in total. The molecule has 0 radical (unpaired) electrons. The summed E-state index contributed by atoms with van der Waals surface area (Å²) in [5.41, 5.74) is 3.42. The van der Waals surface area contributed by atoms with Gasteiger partial charge in [-0.2, -0.15) is 5.10 Å². The first-order valence-corrected chi connectivity index (χ1v) is 10.1. The molecule has 0 unspecified atom stereocenters. The van der Waals surface area contributed by atoms with Crippen molar-refractivity contribution in [3.63, 3.8) is 0 Å². The maximum absolute atomic E-state index is 13.4. The molecule has 3 aromatic rings. The van der Waals surface area contributed by atoms with Crippen molar-refractivity contribution in [3.8, 4) is 5.69 Å². The van der Waals surface area contributed by atoms with Gasteiger partial charge in [0.25, 0.3) is 0 Å². The Morgan fingerprint density at radius 2 is 1.80 bits per heavy atom. The van der Waals surface area contributed by atoms with Gasteiger partial charge in [-0.15, -0.1) is 0 Å². The Bertz CT molecular complexity index is 1040. The van der Waals surface area contributed by atoms with Crippen LogP contribution in [-0.2, 0) is 0 Å². The predicted octanol–water partition coefficient (Wildman–Crippen LogP) is 4.34. The SMILES string of the molecule is Cc1c(/C=C/CN2CCN(c3cc(F)cc(F)c3)CC2)cnn1-c1ccncc1Cl. The Morgan fingerprint density at radius 1 is 1.07 bits per heavy atom. The summed E-state index contributed by atoms with van der Waals surface area (Å²) in [7, 11) is 0. The van der Waals surface area contributed by atoms with Gasteiger partial charge in [-0.25, -0.2) is 13.5 Å². The fourth-order valence-corrected chi connectivity index (χ4v) is 3.81. The molecule has 1 fully saturated rings. The van der Waals surface area contributed by atoms with E-state index in [-0.39, 0.29) is 0 Å². The van der Waals surface area contributed by atoms with Gasteiger partial charge < -0.3 is 4.90 Å². The molecule has 3 heterocycles. The zero-order valence-corrected chi connectivity index (χ0v) is 17.4. The summed E-state index contributed by atoms with van der Waals surface area (Å²) in [5.74, 6) is -1.08. The van der Waals surface area contributed by atoms with E-state index in [4.69, 9.17) is 11.6 Å². The molecule has 8 heteroatoms. The molecule has 2 aromatic heterocycles. The lowest BCUT2D eigenvalue weighted by Gasteiger charge is -2.35. The summed E-state index contributed by atoms with van der Waals surface area (Å²) >= 11 is 6.23. The molecule has 0 saturated carbocycles. The highest BCUT2D eigenvalue weighted by Gasteiger charge is 2.17. The zero-order valence-electron chi connectivity index (χ0n) is 16.6. The molecule has 0 aliphatic carbocycles. The molecule has 1 aromatic carbocycles. The van der Waals surface area contributed by atoms with Crippen molar-refractivity contribution >= 4 is 23.4 Å². The second-order valence-corrected chi connectivity index (χ2v) is 7.65. The van der Waals surface area contributed by atoms with Gasteiger partial charge in [0.05, 0.1) is 16.9 Å². The van der Waals surface area contributed by atoms with Crippen molar-refractivity contribution in [2.24, 2.45) is 0 Å². The minimum atomic E-state index is -0.542. The van der Waals surface area contributed by atoms with Gasteiger partial charge in [-0.05, 0) is 25.1 Å². The van der Waals surface area contributed by atoms with E-state index in [1.807, 2.05) is 24.1 Å². The molecule has 0 amide bonds. The van der Waals surface area contributed by atoms with Crippen LogP contribution in [0.25, 0.3) is 11.8 Å². The van der Waals surface area contributed by atoms with E-state index in [1.54, 1.807) is 17.1 Å². The van der Waals surface area contributed by atoms with Gasteiger partial charge in [0.2, 0.25) is 0 Å². The third-order valence-corrected chi connectivity index (χ3v) is 5.56. The van der Waals surface area contributed by atoms with Gasteiger partial charge in [0.1, 0.15) is 11.6 Å². The monoisotopic (exact) mass is 429 g/mol. The molecule has 156 valence electrons. The second-order valence-electron chi connectivity index (χ2n) is 7.24. The molecule has 0 bridgehead atoms. The number of anilines is 1. The largest absolute Gasteiger partial charge is 0.369 e. The van der Waals surface area contributed by atoms with E-state index >= 15 is 0 Å². The maximum Gasteiger partial charge on any atom is 0.128 e. The number of halogens is 3. The minimum Gasteiger partial charge on any atom is -0.369 e. The van der Waals surface area contributed by atoms with Crippen LogP contribution in [0.2, 0.25) is 5.02 Å². The van der Waals surface area contributed by atoms with Crippen LogP contribution in [0, 0.1) is 18.6 Å². The van der Waals surface area contributed by atoms with Crippen LogP contribution in [0.1, 0.15) is 11.3 Å². The standard InChI is InChI=1S/C22H22ClF2N5/c1-16-17(14-27-30(16)22-4-5-26-15-21(22)23)3-2-6-28-7-9-29(10-8-28)20-12-18(24)11-19(25)13-20/h2-5,11-15H,6-10H2,1H3/b3-2+. The Balaban J connectivity index is 1.34. The van der Waals surface area contributed by atoms with Crippen LogP contribution in [-0.4, -0.2) is 52.4 Å². The van der Waals surface area contributed by atoms with Crippen LogP contribution in [0.4, 0.5) is 14.5 Å². The number of hydrogen-bond acceptors (Lipinski definition) is 4. The fourth-order valence-electron chi connectivity index (χ4n) is 3.61. The smallest absolute Gasteiger partial charge is 0.128 e. The van der Waals surface area contributed by atoms with E-state index in [2.05, 4.69) is 27.1 Å². The summed E-state index contributed by atoms with van der Waals surface area (Å²) in [6.45, 7) is 5.91. The lowest BCUT2D eigenvalue weighted by atomic mass is 10.2. The summed E-state index contributed by atoms with van der Waals surface area (Å²) in [6, 6.07) is 5.50. The van der Waals surface area contributed by atoms with Crippen LogP contribution in [0.15, 0.2) is 48.9 Å². The van der Waals surface area contributed by atoms with Gasteiger partial charge >= 0.3 is 0 Å². The highest BCUT2D eigenvalue weighted by atomic mass is 35.5. The molecule has 1 saturated heterocycles. The summed E-state index contributed by atoms with van der Waals surface area (Å²) in [4.78, 5) is 8.33. The van der Waals surface area contributed by atoms with Crippen molar-refractivity contribution < 1.29 is 8.78 Å². The summed E-state index contributed by atoms with van der Waals surface area (Å²) < 4.78 is 28.7. The number of piperazine rings is 1. The average Bonchev–Trinajstić information content (AvgIpc) is 3.08. The van der Waals surface area contributed by atoms with E-state index in [9.17, 15) is 8.78 Å². The summed E-state index contributed by atoms with van der Waals surface area (Å²) in [6.07, 6.45) is 9.28. The Hall–Kier alpha value is -2.77. The Kier molecular flexibility index (Phi) is 6.11. The molecule has 1 aliphatic rings. The van der Waals surface area contributed by atoms with E-state index < -0.39 is 11.6 Å². The lowest BCUT2D eigenvalue weighted by molar-refractivity contribution is 0.284. The molecule has 0 atom stereocenters. The molecule has 4 rings (SSSR count). The number of nitrogens with zero attached hydrogens (tertiary/aromatic N) is 5. The fraction of sp³-hybridized carbons (Fsp3) is 0.273. The predicted molar refractivity (Wildman–Crippen MR) is 115 cm³/mol. The van der Waals surface area contributed by atoms with Crippen molar-refractivity contribution in [2.45, 2.75) is 6.92 Å². The van der Waals surface area contributed by atoms with Crippen molar-refractivity contribution in [2.75, 3.05) is 37.6 Å². The molecular formula is C22H22ClF2N5. The third-order valence-electron chi connectivity index (χ3n) is 5.27. The van der Waals surface area contributed by atoms with Gasteiger partial charge in [-0.1, -0.05) is 23.8 Å². The Morgan fingerprint density at radius 3 is 2.50 bits per heavy atom. The topological polar surface area (TPSA) is 37.2 Å². The lowest BCUT2D eigenvalue weighted by Crippen LogP contribution is -2.46. The van der Waals surface area contributed by atoms with Gasteiger partial charge in [0, 0.05) is 68.1 Å². The zero-order chi connectivity index (χ0) is 21.1. The van der Waals surface area contributed by atoms with Crippen LogP contribution in [0.3, 0.4) is 0 Å².